The van der Waals surface area contributed by atoms with Crippen LogP contribution in [0.25, 0.3) is 16.9 Å². The number of aromatic nitrogens is 2. The van der Waals surface area contributed by atoms with Crippen molar-refractivity contribution in [2.75, 3.05) is 18.5 Å². The molecule has 0 spiro atoms. The Bertz CT molecular complexity index is 1250. The SMILES string of the molecule is Cc1ccccc1-c1nn(-c2ccccc2)cc1C(=O)Nc1ccc2c(c1)OCCO2. The summed E-state index contributed by atoms with van der Waals surface area (Å²) in [5.74, 6) is 1.07. The lowest BCUT2D eigenvalue weighted by Crippen LogP contribution is -2.16. The van der Waals surface area contributed by atoms with Crippen molar-refractivity contribution < 1.29 is 14.3 Å². The number of nitrogens with one attached hydrogen (secondary N) is 1. The predicted molar refractivity (Wildman–Crippen MR) is 119 cm³/mol. The summed E-state index contributed by atoms with van der Waals surface area (Å²) in [5.41, 5.74) is 4.62. The molecule has 5 rings (SSSR count). The third kappa shape index (κ3) is 3.75. The van der Waals surface area contributed by atoms with Crippen molar-refractivity contribution in [2.45, 2.75) is 6.92 Å². The summed E-state index contributed by atoms with van der Waals surface area (Å²) in [6.45, 7) is 3.03. The van der Waals surface area contributed by atoms with Gasteiger partial charge in [-0.05, 0) is 36.8 Å². The zero-order valence-electron chi connectivity index (χ0n) is 17.0. The zero-order chi connectivity index (χ0) is 21.2. The van der Waals surface area contributed by atoms with E-state index >= 15 is 0 Å². The summed E-state index contributed by atoms with van der Waals surface area (Å²) in [7, 11) is 0. The number of benzene rings is 3. The third-order valence-electron chi connectivity index (χ3n) is 5.18. The predicted octanol–water partition coefficient (Wildman–Crippen LogP) is 4.87. The summed E-state index contributed by atoms with van der Waals surface area (Å²) in [4.78, 5) is 13.3. The second-order valence-electron chi connectivity index (χ2n) is 7.30. The maximum atomic E-state index is 13.3. The molecule has 2 heterocycles. The van der Waals surface area contributed by atoms with Crippen LogP contribution in [-0.4, -0.2) is 28.9 Å². The molecule has 0 saturated carbocycles. The van der Waals surface area contributed by atoms with Gasteiger partial charge >= 0.3 is 0 Å². The molecule has 0 atom stereocenters. The monoisotopic (exact) mass is 411 g/mol. The van der Waals surface area contributed by atoms with Crippen LogP contribution in [-0.2, 0) is 0 Å². The molecule has 1 aliphatic rings. The summed E-state index contributed by atoms with van der Waals surface area (Å²) in [5, 5.41) is 7.73. The number of anilines is 1. The largest absolute Gasteiger partial charge is 0.486 e. The Kier molecular flexibility index (Phi) is 4.88. The summed E-state index contributed by atoms with van der Waals surface area (Å²) in [6.07, 6.45) is 1.77. The zero-order valence-corrected chi connectivity index (χ0v) is 17.0. The van der Waals surface area contributed by atoms with Crippen LogP contribution in [0, 0.1) is 6.92 Å². The van der Waals surface area contributed by atoms with E-state index in [4.69, 9.17) is 14.6 Å². The fourth-order valence-corrected chi connectivity index (χ4v) is 3.61. The van der Waals surface area contributed by atoms with E-state index in [0.29, 0.717) is 41.7 Å². The first kappa shape index (κ1) is 18.9. The van der Waals surface area contributed by atoms with E-state index in [2.05, 4.69) is 5.32 Å². The van der Waals surface area contributed by atoms with Crippen molar-refractivity contribution >= 4 is 11.6 Å². The number of fused-ring (bicyclic) bond motifs is 1. The second-order valence-corrected chi connectivity index (χ2v) is 7.30. The van der Waals surface area contributed by atoms with Gasteiger partial charge in [-0.15, -0.1) is 0 Å². The number of nitrogens with zero attached hydrogens (tertiary/aromatic N) is 2. The highest BCUT2D eigenvalue weighted by Crippen LogP contribution is 2.33. The lowest BCUT2D eigenvalue weighted by Gasteiger charge is -2.19. The van der Waals surface area contributed by atoms with E-state index in [-0.39, 0.29) is 5.91 Å². The van der Waals surface area contributed by atoms with E-state index in [1.165, 1.54) is 0 Å². The van der Waals surface area contributed by atoms with Crippen molar-refractivity contribution in [3.05, 3.63) is 90.1 Å². The van der Waals surface area contributed by atoms with E-state index in [0.717, 1.165) is 16.8 Å². The molecule has 0 unspecified atom stereocenters. The lowest BCUT2D eigenvalue weighted by atomic mass is 10.0. The maximum absolute atomic E-state index is 13.3. The minimum absolute atomic E-state index is 0.239. The van der Waals surface area contributed by atoms with Crippen LogP contribution < -0.4 is 14.8 Å². The Hall–Kier alpha value is -4.06. The topological polar surface area (TPSA) is 65.4 Å². The molecule has 4 aromatic rings. The minimum Gasteiger partial charge on any atom is -0.486 e. The Morgan fingerprint density at radius 2 is 1.68 bits per heavy atom. The first-order valence-corrected chi connectivity index (χ1v) is 10.1. The van der Waals surface area contributed by atoms with E-state index in [1.807, 2.05) is 61.5 Å². The minimum atomic E-state index is -0.239. The Morgan fingerprint density at radius 3 is 2.48 bits per heavy atom. The van der Waals surface area contributed by atoms with E-state index in [9.17, 15) is 4.79 Å². The van der Waals surface area contributed by atoms with Gasteiger partial charge in [-0.3, -0.25) is 4.79 Å². The molecule has 1 amide bonds. The molecule has 1 aliphatic heterocycles. The molecular formula is C25H21N3O3. The molecule has 0 aliphatic carbocycles. The fraction of sp³-hybridized carbons (Fsp3) is 0.120. The first-order chi connectivity index (χ1) is 15.2. The average molecular weight is 411 g/mol. The smallest absolute Gasteiger partial charge is 0.259 e. The second kappa shape index (κ2) is 7.99. The van der Waals surface area contributed by atoms with Crippen molar-refractivity contribution in [2.24, 2.45) is 0 Å². The van der Waals surface area contributed by atoms with Crippen molar-refractivity contribution in [3.8, 4) is 28.4 Å². The molecule has 1 aromatic heterocycles. The third-order valence-corrected chi connectivity index (χ3v) is 5.18. The maximum Gasteiger partial charge on any atom is 0.259 e. The first-order valence-electron chi connectivity index (χ1n) is 10.1. The summed E-state index contributed by atoms with van der Waals surface area (Å²) in [6, 6.07) is 23.1. The molecule has 1 N–H and O–H groups in total. The van der Waals surface area contributed by atoms with Gasteiger partial charge in [0, 0.05) is 23.5 Å². The normalized spacial score (nSPS) is 12.4. The van der Waals surface area contributed by atoms with E-state index < -0.39 is 0 Å². The molecule has 6 heteroatoms. The standard InChI is InChI=1S/C25H21N3O3/c1-17-7-5-6-10-20(17)24-21(16-28(27-24)19-8-3-2-4-9-19)25(29)26-18-11-12-22-23(15-18)31-14-13-30-22/h2-12,15-16H,13-14H2,1H3,(H,26,29). The summed E-state index contributed by atoms with van der Waals surface area (Å²) >= 11 is 0. The van der Waals surface area contributed by atoms with Crippen LogP contribution >= 0.6 is 0 Å². The number of carbonyl (C=O) groups excluding carboxylic acids is 1. The number of para-hydroxylation sites is 1. The van der Waals surface area contributed by atoms with Crippen molar-refractivity contribution in [3.63, 3.8) is 0 Å². The van der Waals surface area contributed by atoms with Crippen LogP contribution in [0.4, 0.5) is 5.69 Å². The number of aryl methyl sites for hydroxylation is 1. The van der Waals surface area contributed by atoms with Gasteiger partial charge in [-0.25, -0.2) is 4.68 Å². The highest BCUT2D eigenvalue weighted by Gasteiger charge is 2.21. The molecule has 0 fully saturated rings. The number of hydrogen-bond acceptors (Lipinski definition) is 4. The van der Waals surface area contributed by atoms with Gasteiger partial charge in [0.25, 0.3) is 5.91 Å². The molecule has 0 saturated heterocycles. The molecule has 3 aromatic carbocycles. The Balaban J connectivity index is 1.53. The van der Waals surface area contributed by atoms with E-state index in [1.54, 1.807) is 29.1 Å². The average Bonchev–Trinajstić information content (AvgIpc) is 3.25. The molecule has 31 heavy (non-hydrogen) atoms. The van der Waals surface area contributed by atoms with Crippen molar-refractivity contribution in [1.82, 2.24) is 9.78 Å². The number of rotatable bonds is 4. The molecule has 6 nitrogen and oxygen atoms in total. The Labute approximate surface area is 180 Å². The molecule has 154 valence electrons. The Morgan fingerprint density at radius 1 is 0.935 bits per heavy atom. The molecule has 0 bridgehead atoms. The summed E-state index contributed by atoms with van der Waals surface area (Å²) < 4.78 is 12.9. The highest BCUT2D eigenvalue weighted by molar-refractivity contribution is 6.08. The van der Waals surface area contributed by atoms with Gasteiger partial charge < -0.3 is 14.8 Å². The lowest BCUT2D eigenvalue weighted by molar-refractivity contribution is 0.102. The highest BCUT2D eigenvalue weighted by atomic mass is 16.6. The number of carbonyl (C=O) groups is 1. The van der Waals surface area contributed by atoms with Gasteiger partial charge in [0.1, 0.15) is 18.9 Å². The number of amides is 1. The van der Waals surface area contributed by atoms with Crippen LogP contribution in [0.2, 0.25) is 0 Å². The van der Waals surface area contributed by atoms with Crippen LogP contribution in [0.5, 0.6) is 11.5 Å². The van der Waals surface area contributed by atoms with Crippen LogP contribution in [0.1, 0.15) is 15.9 Å². The van der Waals surface area contributed by atoms with Crippen LogP contribution in [0.3, 0.4) is 0 Å². The molecular weight excluding hydrogens is 390 g/mol. The van der Waals surface area contributed by atoms with Gasteiger partial charge in [-0.2, -0.15) is 5.10 Å². The van der Waals surface area contributed by atoms with Gasteiger partial charge in [0.15, 0.2) is 11.5 Å². The molecule has 0 radical (unpaired) electrons. The number of hydrogen-bond donors (Lipinski definition) is 1. The van der Waals surface area contributed by atoms with Gasteiger partial charge in [-0.1, -0.05) is 42.5 Å². The fourth-order valence-electron chi connectivity index (χ4n) is 3.61. The number of ether oxygens (including phenoxy) is 2. The van der Waals surface area contributed by atoms with Gasteiger partial charge in [0.05, 0.1) is 11.3 Å². The van der Waals surface area contributed by atoms with Gasteiger partial charge in [0.2, 0.25) is 0 Å². The van der Waals surface area contributed by atoms with Crippen molar-refractivity contribution in [1.29, 1.82) is 0 Å². The quantitative estimate of drug-likeness (QED) is 0.520. The van der Waals surface area contributed by atoms with Crippen LogP contribution in [0.15, 0.2) is 79.0 Å².